The molecule has 0 aliphatic carbocycles. The smallest absolute Gasteiger partial charge is 0.306 e. The van der Waals surface area contributed by atoms with Gasteiger partial charge in [-0.3, -0.25) is 14.4 Å². The highest BCUT2D eigenvalue weighted by molar-refractivity contribution is 5.71. The van der Waals surface area contributed by atoms with E-state index in [0.29, 0.717) is 19.3 Å². The third-order valence-corrected chi connectivity index (χ3v) is 12.2. The molecule has 63 heavy (non-hydrogen) atoms. The molecule has 0 bridgehead atoms. The maximum atomic E-state index is 12.8. The molecule has 0 aromatic rings. The lowest BCUT2D eigenvalue weighted by Gasteiger charge is -2.18. The molecule has 0 rings (SSSR count). The first-order chi connectivity index (χ1) is 31.0. The van der Waals surface area contributed by atoms with Gasteiger partial charge in [0.25, 0.3) is 0 Å². The highest BCUT2D eigenvalue weighted by Gasteiger charge is 2.19. The van der Waals surface area contributed by atoms with Gasteiger partial charge in [0.05, 0.1) is 0 Å². The van der Waals surface area contributed by atoms with Gasteiger partial charge in [0.2, 0.25) is 0 Å². The van der Waals surface area contributed by atoms with Crippen molar-refractivity contribution in [2.45, 2.75) is 297 Å². The maximum absolute atomic E-state index is 12.8. The van der Waals surface area contributed by atoms with Crippen LogP contribution in [-0.4, -0.2) is 37.2 Å². The van der Waals surface area contributed by atoms with Crippen LogP contribution in [0.25, 0.3) is 0 Å². The Morgan fingerprint density at radius 1 is 0.333 bits per heavy atom. The highest BCUT2D eigenvalue weighted by atomic mass is 16.6. The molecule has 0 fully saturated rings. The van der Waals surface area contributed by atoms with Crippen LogP contribution in [0.2, 0.25) is 0 Å². The molecule has 0 aromatic heterocycles. The average Bonchev–Trinajstić information content (AvgIpc) is 3.28. The van der Waals surface area contributed by atoms with Crippen molar-refractivity contribution >= 4 is 17.9 Å². The predicted molar refractivity (Wildman–Crippen MR) is 270 cm³/mol. The van der Waals surface area contributed by atoms with Crippen molar-refractivity contribution in [3.63, 3.8) is 0 Å². The summed E-state index contributed by atoms with van der Waals surface area (Å²) in [5, 5.41) is 0. The Balaban J connectivity index is 4.34. The first-order valence-electron chi connectivity index (χ1n) is 27.5. The van der Waals surface area contributed by atoms with Gasteiger partial charge >= 0.3 is 17.9 Å². The van der Waals surface area contributed by atoms with Crippen molar-refractivity contribution in [3.05, 3.63) is 36.5 Å². The Morgan fingerprint density at radius 2 is 0.619 bits per heavy atom. The quantitative estimate of drug-likeness (QED) is 0.0262. The van der Waals surface area contributed by atoms with E-state index in [1.807, 2.05) is 0 Å². The molecule has 0 saturated heterocycles. The molecule has 1 unspecified atom stereocenters. The number of unbranched alkanes of at least 4 members (excludes halogenated alkanes) is 33. The molecule has 6 nitrogen and oxygen atoms in total. The Labute approximate surface area is 391 Å². The number of hydrogen-bond donors (Lipinski definition) is 0. The summed E-state index contributed by atoms with van der Waals surface area (Å²) in [6.07, 6.45) is 61.4. The van der Waals surface area contributed by atoms with Crippen molar-refractivity contribution in [2.24, 2.45) is 0 Å². The molecule has 0 radical (unpaired) electrons. The van der Waals surface area contributed by atoms with E-state index in [1.54, 1.807) is 0 Å². The van der Waals surface area contributed by atoms with E-state index in [-0.39, 0.29) is 31.1 Å². The zero-order valence-corrected chi connectivity index (χ0v) is 42.1. The van der Waals surface area contributed by atoms with Crippen LogP contribution in [0.5, 0.6) is 0 Å². The van der Waals surface area contributed by atoms with Gasteiger partial charge in [0, 0.05) is 19.3 Å². The molecule has 1 atom stereocenters. The van der Waals surface area contributed by atoms with Crippen LogP contribution >= 0.6 is 0 Å². The van der Waals surface area contributed by atoms with Crippen LogP contribution in [0.15, 0.2) is 36.5 Å². The number of ether oxygens (including phenoxy) is 3. The van der Waals surface area contributed by atoms with E-state index in [2.05, 4.69) is 57.2 Å². The maximum Gasteiger partial charge on any atom is 0.306 e. The third kappa shape index (κ3) is 50.5. The summed E-state index contributed by atoms with van der Waals surface area (Å²) in [6.45, 7) is 6.53. The zero-order valence-electron chi connectivity index (χ0n) is 42.1. The normalized spacial score (nSPS) is 12.2. The lowest BCUT2D eigenvalue weighted by atomic mass is 10.0. The Kier molecular flexibility index (Phi) is 50.3. The van der Waals surface area contributed by atoms with E-state index in [9.17, 15) is 14.4 Å². The number of carbonyl (C=O) groups is 3. The van der Waals surface area contributed by atoms with Crippen molar-refractivity contribution in [1.82, 2.24) is 0 Å². The van der Waals surface area contributed by atoms with Crippen molar-refractivity contribution in [3.8, 4) is 0 Å². The van der Waals surface area contributed by atoms with Gasteiger partial charge < -0.3 is 14.2 Å². The van der Waals surface area contributed by atoms with Gasteiger partial charge in [-0.05, 0) is 51.4 Å². The summed E-state index contributed by atoms with van der Waals surface area (Å²) in [6, 6.07) is 0. The largest absolute Gasteiger partial charge is 0.462 e. The standard InChI is InChI=1S/C57H104O6/c1-4-7-10-13-16-19-22-25-27-29-31-32-35-38-41-44-47-50-56(59)62-53-54(52-61-55(58)49-46-43-40-37-34-24-21-18-15-12-9-6-3)63-57(60)51-48-45-42-39-36-33-30-28-26-23-20-17-14-11-8-5-2/h9,12,18,21,34,37,54H,4-8,10-11,13-17,19-20,22-33,35-36,38-53H2,1-3H3/b12-9-,21-18-,37-34-. The number of hydrogen-bond acceptors (Lipinski definition) is 6. The number of esters is 3. The van der Waals surface area contributed by atoms with Gasteiger partial charge in [-0.1, -0.05) is 256 Å². The summed E-state index contributed by atoms with van der Waals surface area (Å²) in [5.41, 5.74) is 0. The zero-order chi connectivity index (χ0) is 45.8. The summed E-state index contributed by atoms with van der Waals surface area (Å²) < 4.78 is 16.8. The van der Waals surface area contributed by atoms with E-state index in [0.717, 1.165) is 77.0 Å². The summed E-state index contributed by atoms with van der Waals surface area (Å²) in [4.78, 5) is 38.0. The summed E-state index contributed by atoms with van der Waals surface area (Å²) in [7, 11) is 0. The van der Waals surface area contributed by atoms with E-state index >= 15 is 0 Å². The van der Waals surface area contributed by atoms with Crippen molar-refractivity contribution in [1.29, 1.82) is 0 Å². The average molecular weight is 885 g/mol. The molecule has 6 heteroatoms. The first kappa shape index (κ1) is 60.6. The van der Waals surface area contributed by atoms with Crippen LogP contribution in [0.4, 0.5) is 0 Å². The summed E-state index contributed by atoms with van der Waals surface area (Å²) >= 11 is 0. The van der Waals surface area contributed by atoms with Crippen LogP contribution in [0.3, 0.4) is 0 Å². The fourth-order valence-electron chi connectivity index (χ4n) is 8.05. The van der Waals surface area contributed by atoms with Crippen LogP contribution in [0, 0.1) is 0 Å². The van der Waals surface area contributed by atoms with Crippen molar-refractivity contribution in [2.75, 3.05) is 13.2 Å². The monoisotopic (exact) mass is 885 g/mol. The molecule has 368 valence electrons. The third-order valence-electron chi connectivity index (χ3n) is 12.2. The Bertz CT molecular complexity index is 1060. The number of rotatable bonds is 50. The van der Waals surface area contributed by atoms with E-state index in [1.165, 1.54) is 173 Å². The SMILES string of the molecule is CC/C=C\C/C=C\C/C=C\CCCCC(=O)OCC(COC(=O)CCCCCCCCCCCCCCCCCCC)OC(=O)CCCCCCCCCCCCCCCCCC. The molecule has 0 aliphatic heterocycles. The Hall–Kier alpha value is -2.37. The molecule has 0 aromatic carbocycles. The molecule has 0 aliphatic rings. The fourth-order valence-corrected chi connectivity index (χ4v) is 8.05. The molecule has 0 saturated carbocycles. The Morgan fingerprint density at radius 3 is 0.968 bits per heavy atom. The topological polar surface area (TPSA) is 78.9 Å². The molecule has 0 amide bonds. The lowest BCUT2D eigenvalue weighted by Crippen LogP contribution is -2.30. The minimum Gasteiger partial charge on any atom is -0.462 e. The second-order valence-corrected chi connectivity index (χ2v) is 18.5. The van der Waals surface area contributed by atoms with E-state index < -0.39 is 6.10 Å². The molecule has 0 heterocycles. The number of allylic oxidation sites excluding steroid dienone is 6. The molecular formula is C57H104O6. The second kappa shape index (κ2) is 52.3. The van der Waals surface area contributed by atoms with Gasteiger partial charge in [-0.25, -0.2) is 0 Å². The van der Waals surface area contributed by atoms with Crippen LogP contribution in [-0.2, 0) is 28.6 Å². The lowest BCUT2D eigenvalue weighted by molar-refractivity contribution is -0.167. The van der Waals surface area contributed by atoms with Gasteiger partial charge in [-0.15, -0.1) is 0 Å². The minimum absolute atomic E-state index is 0.0795. The first-order valence-corrected chi connectivity index (χ1v) is 27.5. The van der Waals surface area contributed by atoms with Crippen LogP contribution < -0.4 is 0 Å². The minimum atomic E-state index is -0.782. The second-order valence-electron chi connectivity index (χ2n) is 18.5. The molecule has 0 N–H and O–H groups in total. The molecular weight excluding hydrogens is 781 g/mol. The summed E-state index contributed by atoms with van der Waals surface area (Å²) in [5.74, 6) is -0.904. The van der Waals surface area contributed by atoms with Gasteiger partial charge in [0.15, 0.2) is 6.10 Å². The van der Waals surface area contributed by atoms with Crippen molar-refractivity contribution < 1.29 is 28.6 Å². The van der Waals surface area contributed by atoms with E-state index in [4.69, 9.17) is 14.2 Å². The van der Waals surface area contributed by atoms with Gasteiger partial charge in [0.1, 0.15) is 13.2 Å². The van der Waals surface area contributed by atoms with Gasteiger partial charge in [-0.2, -0.15) is 0 Å². The fraction of sp³-hybridized carbons (Fsp3) is 0.842. The number of carbonyl (C=O) groups excluding carboxylic acids is 3. The predicted octanol–water partition coefficient (Wildman–Crippen LogP) is 18.1. The van der Waals surface area contributed by atoms with Crippen LogP contribution in [0.1, 0.15) is 290 Å². The molecule has 0 spiro atoms. The highest BCUT2D eigenvalue weighted by Crippen LogP contribution is 2.17.